The molecule has 642 valence electrons. The molecule has 30 heteroatoms. The van der Waals surface area contributed by atoms with Crippen molar-refractivity contribution in [3.8, 4) is 11.3 Å². The number of pyridine rings is 1. The minimum atomic E-state index is -1.57. The Morgan fingerprint density at radius 2 is 1.23 bits per heavy atom. The molecule has 0 spiro atoms. The number of amides is 1. The molecule has 8 heterocycles. The molecular weight excluding hydrogens is 1520 g/mol. The zero-order valence-corrected chi connectivity index (χ0v) is 72.4. The molecule has 3 aromatic heterocycles. The van der Waals surface area contributed by atoms with Gasteiger partial charge in [-0.05, 0) is 177 Å². The SMILES string of the molecule is CC[C@H]1OC(=O)[C@H](C)C(=O)[C@H](C)[C@@H](OC2O[C@H](C)C[C@H](N(C)C)[C@H]2O)[C@@](C)(OC)C[C@@H](C)C(=O)[C@H](C)[C@H]2N(CCCCn3cnc(-c4ccc(Cl)nc4)c3)C(=O)O[C@]12CC.CC[C@H]1OC(=O)[C@H](C)C(=O)[C@H](C)[C@@H](OC2O[C@H](C)C[C@H](N(C)C)[C@H]2OC(=O)c2ccccc2)[C@@](C)(OC)C[C@@H](C)C(=O)/C(C)=C/[C@]1(CC)OC(=O)n1ccnc1. The maximum absolute atomic E-state index is 14.8. The Labute approximate surface area is 688 Å². The van der Waals surface area contributed by atoms with Crippen molar-refractivity contribution in [1.82, 2.24) is 38.8 Å². The monoisotopic (exact) mass is 1640 g/mol. The van der Waals surface area contributed by atoms with Gasteiger partial charge in [0.25, 0.3) is 0 Å². The van der Waals surface area contributed by atoms with Crippen molar-refractivity contribution in [2.45, 2.75) is 283 Å². The lowest BCUT2D eigenvalue weighted by molar-refractivity contribution is -0.295. The molecular formula is C86H125ClN8O21. The number of aliphatic hydroxyl groups excluding tert-OH is 1. The number of benzene rings is 1. The van der Waals surface area contributed by atoms with Crippen LogP contribution in [0, 0.1) is 41.4 Å². The Morgan fingerprint density at radius 3 is 1.77 bits per heavy atom. The molecule has 4 aromatic rings. The molecule has 1 amide bonds. The van der Waals surface area contributed by atoms with Gasteiger partial charge in [-0.2, -0.15) is 0 Å². The van der Waals surface area contributed by atoms with Gasteiger partial charge >= 0.3 is 30.1 Å². The number of hydrogen-bond donors (Lipinski definition) is 1. The minimum Gasteiger partial charge on any atom is -0.457 e. The number of cyclic esters (lactones) is 2. The first kappa shape index (κ1) is 93.8. The lowest BCUT2D eigenvalue weighted by Gasteiger charge is -2.47. The molecule has 2 unspecified atom stereocenters. The van der Waals surface area contributed by atoms with Crippen LogP contribution in [0.4, 0.5) is 9.59 Å². The number of carbonyl (C=O) groups is 9. The fourth-order valence-electron chi connectivity index (χ4n) is 17.6. The summed E-state index contributed by atoms with van der Waals surface area (Å²) in [5.41, 5.74) is -3.31. The van der Waals surface area contributed by atoms with Gasteiger partial charge in [-0.1, -0.05) is 92.1 Å². The summed E-state index contributed by atoms with van der Waals surface area (Å²) in [4.78, 5) is 145. The number of hydrogen-bond acceptors (Lipinski definition) is 26. The van der Waals surface area contributed by atoms with Crippen LogP contribution in [0.3, 0.4) is 0 Å². The van der Waals surface area contributed by atoms with Crippen LogP contribution in [0.5, 0.6) is 0 Å². The standard InChI is InChI=1S/C44H66ClN5O10.C42H59N3O11/c1-12-33-44(13-2)38(50(42(55)60-44)19-15-14-18-49-23-31(47-24-49)30-16-17-34(45)46-22-30)27(5)35(51)25(3)21-43(8,56-11)39(28(6)36(52)29(7)40(54)58-33)59-41-37(53)32(48(9)10)20-26(4)57-41;1-12-32-42(13-2,56-40(50)45-20-19-43-24-45)23-26(4)33(46)25(3)22-41(8,51-11)36(28(6)34(47)29(7)37(48)53-32)55-39-35(31(44(9)10)21-27(5)52-39)54-38(49)30-17-15-14-16-18-30/h16-17,22-29,32-33,37-39,41,53H,12-15,18-21H2,1-11H3;14-20,23-25,27-29,31-32,35-36,39H,12-13,21-22H2,1-11H3/b;26-23+/t25-,26-,27+,28+,29-,32+,33-,37-,38-,39-,41?,43+,44-;25-,27-,28+,29-,31+,32-,35-,36-,39?,41+,42+/m11/s1. The molecule has 0 radical (unpaired) electrons. The Balaban J connectivity index is 0.000000291. The quantitative estimate of drug-likeness (QED) is 0.0266. The molecule has 5 aliphatic heterocycles. The van der Waals surface area contributed by atoms with E-state index in [4.69, 9.17) is 63.7 Å². The summed E-state index contributed by atoms with van der Waals surface area (Å²) in [5.74, 6) is -10.2. The molecule has 5 aliphatic rings. The van der Waals surface area contributed by atoms with E-state index in [1.807, 2.05) is 96.4 Å². The molecule has 4 fully saturated rings. The number of fused-ring (bicyclic) bond motifs is 1. The van der Waals surface area contributed by atoms with Crippen LogP contribution in [0.25, 0.3) is 11.3 Å². The van der Waals surface area contributed by atoms with E-state index in [0.29, 0.717) is 49.5 Å². The number of allylic oxidation sites excluding steroid dienone is 1. The number of rotatable bonds is 21. The van der Waals surface area contributed by atoms with E-state index in [9.17, 15) is 48.3 Å². The van der Waals surface area contributed by atoms with Crippen LogP contribution in [0.1, 0.15) is 185 Å². The zero-order chi connectivity index (χ0) is 85.8. The number of likely N-dealkylation sites (N-methyl/N-ethyl adjacent to an activating group) is 2. The highest BCUT2D eigenvalue weighted by Gasteiger charge is 2.62. The Bertz CT molecular complexity index is 4030. The van der Waals surface area contributed by atoms with Gasteiger partial charge in [-0.15, -0.1) is 0 Å². The predicted octanol–water partition coefficient (Wildman–Crippen LogP) is 11.8. The lowest BCUT2D eigenvalue weighted by Crippen LogP contribution is -2.61. The van der Waals surface area contributed by atoms with Gasteiger partial charge in [0.2, 0.25) is 0 Å². The number of aryl methyl sites for hydroxylation is 1. The summed E-state index contributed by atoms with van der Waals surface area (Å²) < 4.78 is 72.3. The molecule has 24 atom stereocenters. The Hall–Kier alpha value is -7.71. The lowest BCUT2D eigenvalue weighted by atomic mass is 9.72. The highest BCUT2D eigenvalue weighted by atomic mass is 35.5. The largest absolute Gasteiger partial charge is 0.457 e. The fourth-order valence-corrected chi connectivity index (χ4v) is 17.8. The second-order valence-electron chi connectivity index (χ2n) is 33.2. The predicted molar refractivity (Wildman–Crippen MR) is 429 cm³/mol. The van der Waals surface area contributed by atoms with Crippen molar-refractivity contribution in [1.29, 1.82) is 0 Å². The summed E-state index contributed by atoms with van der Waals surface area (Å²) in [6, 6.07) is 10.8. The molecule has 0 aliphatic carbocycles. The van der Waals surface area contributed by atoms with Crippen LogP contribution in [-0.4, -0.2) is 248 Å². The van der Waals surface area contributed by atoms with Crippen LogP contribution >= 0.6 is 11.6 Å². The van der Waals surface area contributed by atoms with Gasteiger partial charge in [0.05, 0.1) is 65.3 Å². The van der Waals surface area contributed by atoms with Crippen molar-refractivity contribution < 1.29 is 100 Å². The van der Waals surface area contributed by atoms with E-state index < -0.39 is 161 Å². The normalized spacial score (nSPS) is 35.2. The number of nitrogens with zero attached hydrogens (tertiary/aromatic N) is 8. The van der Waals surface area contributed by atoms with Gasteiger partial charge in [0, 0.05) is 93.3 Å². The van der Waals surface area contributed by atoms with Crippen LogP contribution in [-0.2, 0) is 87.4 Å². The Morgan fingerprint density at radius 1 is 0.672 bits per heavy atom. The molecule has 0 saturated carbocycles. The van der Waals surface area contributed by atoms with E-state index in [1.165, 1.54) is 46.8 Å². The van der Waals surface area contributed by atoms with Crippen LogP contribution < -0.4 is 0 Å². The first-order chi connectivity index (χ1) is 54.7. The van der Waals surface area contributed by atoms with Gasteiger partial charge in [-0.25, -0.2) is 33.9 Å². The molecule has 9 rings (SSSR count). The van der Waals surface area contributed by atoms with Crippen LogP contribution in [0.15, 0.2) is 91.6 Å². The van der Waals surface area contributed by atoms with E-state index in [1.54, 1.807) is 115 Å². The summed E-state index contributed by atoms with van der Waals surface area (Å²) >= 11 is 5.96. The third-order valence-corrected chi connectivity index (χ3v) is 24.7. The number of halogens is 1. The average Bonchev–Trinajstić information content (AvgIpc) is 1.56. The van der Waals surface area contributed by atoms with Crippen molar-refractivity contribution >= 4 is 64.8 Å². The summed E-state index contributed by atoms with van der Waals surface area (Å²) in [6.45, 7) is 28.7. The molecule has 1 aromatic carbocycles. The van der Waals surface area contributed by atoms with Gasteiger partial charge in [-0.3, -0.25) is 28.8 Å². The van der Waals surface area contributed by atoms with Crippen molar-refractivity contribution in [3.05, 3.63) is 102 Å². The number of imidazole rings is 2. The fraction of sp³-hybridized carbons (Fsp3) is 0.674. The number of Topliss-reactive ketones (excluding diaryl/α,β-unsaturated/α-hetero) is 4. The summed E-state index contributed by atoms with van der Waals surface area (Å²) in [6.07, 6.45) is 4.05. The number of ketones is 4. The number of ether oxygens (including phenoxy) is 11. The summed E-state index contributed by atoms with van der Waals surface area (Å²) in [7, 11) is 10.5. The highest BCUT2D eigenvalue weighted by molar-refractivity contribution is 6.29. The number of aromatic nitrogens is 5. The third-order valence-electron chi connectivity index (χ3n) is 24.5. The molecule has 29 nitrogen and oxygen atoms in total. The van der Waals surface area contributed by atoms with E-state index >= 15 is 0 Å². The van der Waals surface area contributed by atoms with E-state index in [-0.39, 0.29) is 80.0 Å². The highest BCUT2D eigenvalue weighted by Crippen LogP contribution is 2.46. The first-order valence-corrected chi connectivity index (χ1v) is 41.2. The van der Waals surface area contributed by atoms with Crippen molar-refractivity contribution in [3.63, 3.8) is 0 Å². The number of carbonyl (C=O) groups excluding carboxylic acids is 9. The number of methoxy groups -OCH3 is 2. The molecule has 0 bridgehead atoms. The van der Waals surface area contributed by atoms with Crippen LogP contribution in [0.2, 0.25) is 5.15 Å². The number of unbranched alkanes of at least 4 members (excludes halogenated alkanes) is 1. The second kappa shape index (κ2) is 40.4. The number of esters is 3. The maximum Gasteiger partial charge on any atom is 0.420 e. The molecule has 1 N–H and O–H groups in total. The average molecular weight is 1640 g/mol. The van der Waals surface area contributed by atoms with Crippen molar-refractivity contribution in [2.24, 2.45) is 41.4 Å². The number of aliphatic hydroxyl groups is 1. The first-order valence-electron chi connectivity index (χ1n) is 40.8. The maximum atomic E-state index is 14.8. The van der Waals surface area contributed by atoms with Crippen molar-refractivity contribution in [2.75, 3.05) is 49.0 Å². The third kappa shape index (κ3) is 21.1. The topological polar surface area (TPSA) is 334 Å². The zero-order valence-electron chi connectivity index (χ0n) is 71.7. The molecule has 4 saturated heterocycles. The molecule has 116 heavy (non-hydrogen) atoms. The smallest absolute Gasteiger partial charge is 0.420 e. The van der Waals surface area contributed by atoms with E-state index in [2.05, 4.69) is 15.0 Å². The van der Waals surface area contributed by atoms with Gasteiger partial charge < -0.3 is 76.5 Å². The second-order valence-corrected chi connectivity index (χ2v) is 33.5. The summed E-state index contributed by atoms with van der Waals surface area (Å²) in [5, 5.41) is 11.9. The van der Waals surface area contributed by atoms with Gasteiger partial charge in [0.1, 0.15) is 47.4 Å². The Kier molecular flexibility index (Phi) is 32.6. The van der Waals surface area contributed by atoms with E-state index in [0.717, 1.165) is 15.8 Å². The van der Waals surface area contributed by atoms with Gasteiger partial charge in [0.15, 0.2) is 47.2 Å². The minimum absolute atomic E-state index is 0.0770.